The molecule has 0 spiro atoms. The lowest BCUT2D eigenvalue weighted by molar-refractivity contribution is -0.139. The first-order valence-electron chi connectivity index (χ1n) is 9.42. The molecular weight excluding hydrogens is 392 g/mol. The normalized spacial score (nSPS) is 14.4. The summed E-state index contributed by atoms with van der Waals surface area (Å²) in [6.07, 6.45) is 3.97. The first-order chi connectivity index (χ1) is 13.6. The average Bonchev–Trinajstić information content (AvgIpc) is 3.34. The molecule has 1 saturated carbocycles. The van der Waals surface area contributed by atoms with Crippen molar-refractivity contribution in [2.45, 2.75) is 42.4 Å². The molecule has 2 aromatic carbocycles. The van der Waals surface area contributed by atoms with E-state index in [0.717, 1.165) is 46.9 Å². The van der Waals surface area contributed by atoms with Gasteiger partial charge in [-0.2, -0.15) is 9.78 Å². The first kappa shape index (κ1) is 19.1. The molecule has 0 aliphatic heterocycles. The van der Waals surface area contributed by atoms with Crippen LogP contribution in [-0.2, 0) is 4.79 Å². The summed E-state index contributed by atoms with van der Waals surface area (Å²) < 4.78 is 7.67. The standard InChI is InChI=1S/C22H21ClN2O2S/c1-15-20(28-19-13-11-17(23)12-14-19)21(27-22(26)16-7-5-6-8-16)25(24-15)18-9-3-2-4-10-18/h2-4,9-14,16H,5-8H2,1H3. The monoisotopic (exact) mass is 412 g/mol. The second-order valence-electron chi connectivity index (χ2n) is 6.93. The van der Waals surface area contributed by atoms with Crippen molar-refractivity contribution >= 4 is 29.3 Å². The number of hydrogen-bond acceptors (Lipinski definition) is 4. The number of para-hydroxylation sites is 1. The number of aryl methyl sites for hydroxylation is 1. The van der Waals surface area contributed by atoms with Crippen molar-refractivity contribution in [1.82, 2.24) is 9.78 Å². The van der Waals surface area contributed by atoms with Gasteiger partial charge in [0.2, 0.25) is 5.88 Å². The average molecular weight is 413 g/mol. The number of nitrogens with zero attached hydrogens (tertiary/aromatic N) is 2. The van der Waals surface area contributed by atoms with Crippen molar-refractivity contribution < 1.29 is 9.53 Å². The number of hydrogen-bond donors (Lipinski definition) is 0. The van der Waals surface area contributed by atoms with Crippen LogP contribution >= 0.6 is 23.4 Å². The molecule has 1 fully saturated rings. The zero-order chi connectivity index (χ0) is 19.5. The minimum atomic E-state index is -0.160. The minimum absolute atomic E-state index is 0.0205. The lowest BCUT2D eigenvalue weighted by Crippen LogP contribution is -2.19. The number of ether oxygens (including phenoxy) is 1. The molecule has 0 amide bonds. The highest BCUT2D eigenvalue weighted by atomic mass is 35.5. The molecule has 4 nitrogen and oxygen atoms in total. The molecule has 4 rings (SSSR count). The molecule has 0 radical (unpaired) electrons. The van der Waals surface area contributed by atoms with E-state index in [2.05, 4.69) is 5.10 Å². The third kappa shape index (κ3) is 4.10. The van der Waals surface area contributed by atoms with E-state index < -0.39 is 0 Å². The zero-order valence-electron chi connectivity index (χ0n) is 15.6. The summed E-state index contributed by atoms with van der Waals surface area (Å²) in [6, 6.07) is 17.4. The summed E-state index contributed by atoms with van der Waals surface area (Å²) in [7, 11) is 0. The highest BCUT2D eigenvalue weighted by Gasteiger charge is 2.28. The molecule has 1 aliphatic rings. The van der Waals surface area contributed by atoms with Crippen LogP contribution in [0.2, 0.25) is 5.02 Å². The molecule has 1 aromatic heterocycles. The number of aromatic nitrogens is 2. The number of carbonyl (C=O) groups excluding carboxylic acids is 1. The summed E-state index contributed by atoms with van der Waals surface area (Å²) in [6.45, 7) is 1.94. The van der Waals surface area contributed by atoms with E-state index in [0.29, 0.717) is 10.9 Å². The maximum Gasteiger partial charge on any atom is 0.315 e. The van der Waals surface area contributed by atoms with Crippen LogP contribution in [0.4, 0.5) is 0 Å². The maximum atomic E-state index is 12.8. The van der Waals surface area contributed by atoms with E-state index in [4.69, 9.17) is 16.3 Å². The number of esters is 1. The Labute approximate surface area is 173 Å². The van der Waals surface area contributed by atoms with E-state index in [1.54, 1.807) is 4.68 Å². The third-order valence-electron chi connectivity index (χ3n) is 4.89. The Morgan fingerprint density at radius 1 is 1.11 bits per heavy atom. The number of carbonyl (C=O) groups is 1. The van der Waals surface area contributed by atoms with Gasteiger partial charge in [-0.25, -0.2) is 0 Å². The van der Waals surface area contributed by atoms with Gasteiger partial charge in [-0.15, -0.1) is 0 Å². The van der Waals surface area contributed by atoms with E-state index in [-0.39, 0.29) is 11.9 Å². The predicted molar refractivity (Wildman–Crippen MR) is 111 cm³/mol. The SMILES string of the molecule is Cc1nn(-c2ccccc2)c(OC(=O)C2CCCC2)c1Sc1ccc(Cl)cc1. The number of halogens is 1. The van der Waals surface area contributed by atoms with Gasteiger partial charge in [-0.05, 0) is 56.2 Å². The minimum Gasteiger partial charge on any atom is -0.406 e. The zero-order valence-corrected chi connectivity index (χ0v) is 17.2. The molecule has 6 heteroatoms. The highest BCUT2D eigenvalue weighted by molar-refractivity contribution is 7.99. The van der Waals surface area contributed by atoms with Crippen LogP contribution in [0, 0.1) is 12.8 Å². The van der Waals surface area contributed by atoms with Gasteiger partial charge in [-0.1, -0.05) is 54.4 Å². The second-order valence-corrected chi connectivity index (χ2v) is 8.45. The number of benzene rings is 2. The Morgan fingerprint density at radius 3 is 2.46 bits per heavy atom. The van der Waals surface area contributed by atoms with Crippen LogP contribution in [-0.4, -0.2) is 15.7 Å². The molecule has 3 aromatic rings. The Hall–Kier alpha value is -2.24. The predicted octanol–water partition coefficient (Wildman–Crippen LogP) is 6.08. The fourth-order valence-corrected chi connectivity index (χ4v) is 4.44. The van der Waals surface area contributed by atoms with E-state index >= 15 is 0 Å². The Kier molecular flexibility index (Phi) is 5.74. The quantitative estimate of drug-likeness (QED) is 0.476. The molecule has 1 aliphatic carbocycles. The summed E-state index contributed by atoms with van der Waals surface area (Å²) in [5.41, 5.74) is 1.68. The molecule has 0 atom stereocenters. The van der Waals surface area contributed by atoms with Crippen LogP contribution < -0.4 is 4.74 Å². The summed E-state index contributed by atoms with van der Waals surface area (Å²) >= 11 is 7.54. The molecule has 28 heavy (non-hydrogen) atoms. The van der Waals surface area contributed by atoms with Crippen LogP contribution in [0.3, 0.4) is 0 Å². The fourth-order valence-electron chi connectivity index (χ4n) is 3.40. The van der Waals surface area contributed by atoms with Gasteiger partial charge in [0.25, 0.3) is 0 Å². The third-order valence-corrected chi connectivity index (χ3v) is 6.32. The van der Waals surface area contributed by atoms with Gasteiger partial charge in [0, 0.05) is 9.92 Å². The first-order valence-corrected chi connectivity index (χ1v) is 10.6. The van der Waals surface area contributed by atoms with Crippen LogP contribution in [0.25, 0.3) is 5.69 Å². The van der Waals surface area contributed by atoms with E-state index in [1.165, 1.54) is 11.8 Å². The number of rotatable bonds is 5. The van der Waals surface area contributed by atoms with E-state index in [9.17, 15) is 4.79 Å². The molecule has 0 N–H and O–H groups in total. The smallest absolute Gasteiger partial charge is 0.315 e. The van der Waals surface area contributed by atoms with Crippen molar-refractivity contribution in [2.75, 3.05) is 0 Å². The lowest BCUT2D eigenvalue weighted by atomic mass is 10.1. The van der Waals surface area contributed by atoms with Crippen molar-refractivity contribution in [3.8, 4) is 11.6 Å². The molecule has 1 heterocycles. The Bertz CT molecular complexity index is 964. The second kappa shape index (κ2) is 8.41. The Balaban J connectivity index is 1.72. The largest absolute Gasteiger partial charge is 0.406 e. The molecule has 0 unspecified atom stereocenters. The topological polar surface area (TPSA) is 44.1 Å². The van der Waals surface area contributed by atoms with Crippen molar-refractivity contribution in [1.29, 1.82) is 0 Å². The van der Waals surface area contributed by atoms with Crippen molar-refractivity contribution in [3.05, 3.63) is 65.3 Å². The molecule has 0 saturated heterocycles. The molecule has 0 bridgehead atoms. The fraction of sp³-hybridized carbons (Fsp3) is 0.273. The van der Waals surface area contributed by atoms with Gasteiger partial charge in [0.15, 0.2) is 0 Å². The van der Waals surface area contributed by atoms with Crippen LogP contribution in [0.1, 0.15) is 31.4 Å². The van der Waals surface area contributed by atoms with E-state index in [1.807, 2.05) is 61.5 Å². The van der Waals surface area contributed by atoms with Gasteiger partial charge in [0.05, 0.1) is 22.2 Å². The van der Waals surface area contributed by atoms with Crippen LogP contribution in [0.5, 0.6) is 5.88 Å². The van der Waals surface area contributed by atoms with Gasteiger partial charge >= 0.3 is 5.97 Å². The van der Waals surface area contributed by atoms with Gasteiger partial charge in [-0.3, -0.25) is 4.79 Å². The van der Waals surface area contributed by atoms with Crippen molar-refractivity contribution in [3.63, 3.8) is 0 Å². The maximum absolute atomic E-state index is 12.8. The lowest BCUT2D eigenvalue weighted by Gasteiger charge is -2.13. The summed E-state index contributed by atoms with van der Waals surface area (Å²) in [5, 5.41) is 5.36. The summed E-state index contributed by atoms with van der Waals surface area (Å²) in [4.78, 5) is 14.6. The highest BCUT2D eigenvalue weighted by Crippen LogP contribution is 2.40. The van der Waals surface area contributed by atoms with Crippen LogP contribution in [0.15, 0.2) is 64.4 Å². The van der Waals surface area contributed by atoms with Gasteiger partial charge in [0.1, 0.15) is 0 Å². The summed E-state index contributed by atoms with van der Waals surface area (Å²) in [5.74, 6) is 0.306. The Morgan fingerprint density at radius 2 is 1.79 bits per heavy atom. The van der Waals surface area contributed by atoms with Crippen molar-refractivity contribution in [2.24, 2.45) is 5.92 Å². The molecule has 144 valence electrons. The van der Waals surface area contributed by atoms with Gasteiger partial charge < -0.3 is 4.74 Å². The molecular formula is C22H21ClN2O2S.